The first-order valence-corrected chi connectivity index (χ1v) is 5.41. The number of allylic oxidation sites excluding steroid dienone is 2. The summed E-state index contributed by atoms with van der Waals surface area (Å²) >= 11 is 0. The van der Waals surface area contributed by atoms with Crippen molar-refractivity contribution in [3.05, 3.63) is 23.3 Å². The van der Waals surface area contributed by atoms with Crippen LogP contribution >= 0.6 is 0 Å². The number of aliphatic hydroxyl groups is 1. The van der Waals surface area contributed by atoms with Crippen LogP contribution in [0.1, 0.15) is 47.0 Å². The molecule has 0 aromatic rings. The average Bonchev–Trinajstić information content (AvgIpc) is 2.13. The fraction of sp³-hybridized carbons (Fsp3) is 0.615. The Bertz CT molecular complexity index is 258. The summed E-state index contributed by atoms with van der Waals surface area (Å²) in [5.74, 6) is 0.192. The average molecular weight is 210 g/mol. The van der Waals surface area contributed by atoms with Gasteiger partial charge in [-0.2, -0.15) is 0 Å². The predicted molar refractivity (Wildman–Crippen MR) is 63.7 cm³/mol. The Morgan fingerprint density at radius 2 is 1.80 bits per heavy atom. The molecule has 0 aromatic heterocycles. The van der Waals surface area contributed by atoms with Gasteiger partial charge in [0.2, 0.25) is 0 Å². The number of Topliss-reactive ketones (excluding diaryl/α,β-unsaturated/α-hetero) is 1. The van der Waals surface area contributed by atoms with Gasteiger partial charge < -0.3 is 9.90 Å². The highest BCUT2D eigenvalue weighted by molar-refractivity contribution is 5.75. The largest absolute Gasteiger partial charge is 0.388 e. The van der Waals surface area contributed by atoms with E-state index in [0.29, 0.717) is 12.8 Å². The van der Waals surface area contributed by atoms with Gasteiger partial charge in [-0.1, -0.05) is 17.7 Å². The molecule has 15 heavy (non-hydrogen) atoms. The molecule has 0 radical (unpaired) electrons. The molecule has 1 N–H and O–H groups in total. The third-order valence-corrected chi connectivity index (χ3v) is 2.24. The fourth-order valence-corrected chi connectivity index (χ4v) is 1.17. The van der Waals surface area contributed by atoms with Crippen molar-refractivity contribution in [2.45, 2.75) is 53.1 Å². The highest BCUT2D eigenvalue weighted by Gasteiger charge is 2.03. The lowest BCUT2D eigenvalue weighted by Crippen LogP contribution is -2.06. The Labute approximate surface area is 92.7 Å². The van der Waals surface area contributed by atoms with E-state index in [-0.39, 0.29) is 5.78 Å². The second-order valence-corrected chi connectivity index (χ2v) is 4.22. The van der Waals surface area contributed by atoms with Crippen molar-refractivity contribution in [2.75, 3.05) is 0 Å². The minimum atomic E-state index is -0.410. The maximum atomic E-state index is 10.7. The molecular weight excluding hydrogens is 188 g/mol. The molecule has 2 heteroatoms. The van der Waals surface area contributed by atoms with E-state index in [9.17, 15) is 9.90 Å². The van der Waals surface area contributed by atoms with Crippen molar-refractivity contribution in [1.29, 1.82) is 0 Å². The van der Waals surface area contributed by atoms with Crippen LogP contribution in [0.4, 0.5) is 0 Å². The molecule has 0 aliphatic heterocycles. The number of carbonyl (C=O) groups is 1. The smallest absolute Gasteiger partial charge is 0.130 e. The molecule has 0 heterocycles. The summed E-state index contributed by atoms with van der Waals surface area (Å²) in [7, 11) is 0. The topological polar surface area (TPSA) is 37.3 Å². The van der Waals surface area contributed by atoms with Crippen LogP contribution in [-0.2, 0) is 4.79 Å². The third kappa shape index (κ3) is 8.13. The van der Waals surface area contributed by atoms with E-state index in [1.54, 1.807) is 6.92 Å². The molecule has 0 fully saturated rings. The highest BCUT2D eigenvalue weighted by atomic mass is 16.3. The summed E-state index contributed by atoms with van der Waals surface area (Å²) in [6.07, 6.45) is 5.51. The first kappa shape index (κ1) is 14.1. The summed E-state index contributed by atoms with van der Waals surface area (Å²) in [6.45, 7) is 7.52. The second kappa shape index (κ2) is 7.41. The van der Waals surface area contributed by atoms with E-state index in [1.165, 1.54) is 5.57 Å². The zero-order valence-corrected chi connectivity index (χ0v) is 10.2. The van der Waals surface area contributed by atoms with Crippen LogP contribution in [0.15, 0.2) is 23.3 Å². The van der Waals surface area contributed by atoms with Gasteiger partial charge >= 0.3 is 0 Å². The summed E-state index contributed by atoms with van der Waals surface area (Å²) in [4.78, 5) is 10.7. The summed E-state index contributed by atoms with van der Waals surface area (Å²) in [5.41, 5.74) is 2.17. The molecule has 0 spiro atoms. The maximum Gasteiger partial charge on any atom is 0.130 e. The monoisotopic (exact) mass is 210 g/mol. The first-order chi connectivity index (χ1) is 6.93. The lowest BCUT2D eigenvalue weighted by molar-refractivity contribution is -0.116. The number of rotatable bonds is 6. The second-order valence-electron chi connectivity index (χ2n) is 4.22. The molecule has 0 aliphatic carbocycles. The lowest BCUT2D eigenvalue weighted by Gasteiger charge is -2.08. The quantitative estimate of drug-likeness (QED) is 0.684. The van der Waals surface area contributed by atoms with Gasteiger partial charge in [0.05, 0.1) is 6.10 Å². The van der Waals surface area contributed by atoms with Gasteiger partial charge in [-0.3, -0.25) is 0 Å². The van der Waals surface area contributed by atoms with Gasteiger partial charge in [0.15, 0.2) is 0 Å². The number of ketones is 1. The zero-order valence-electron chi connectivity index (χ0n) is 10.2. The number of hydrogen-bond donors (Lipinski definition) is 1. The minimum Gasteiger partial charge on any atom is -0.388 e. The molecule has 86 valence electrons. The number of carbonyl (C=O) groups excluding carboxylic acids is 1. The van der Waals surface area contributed by atoms with Crippen LogP contribution in [0.5, 0.6) is 0 Å². The molecule has 0 rings (SSSR count). The van der Waals surface area contributed by atoms with Gasteiger partial charge in [-0.15, -0.1) is 0 Å². The van der Waals surface area contributed by atoms with Gasteiger partial charge in [0.25, 0.3) is 0 Å². The van der Waals surface area contributed by atoms with Crippen molar-refractivity contribution in [3.63, 3.8) is 0 Å². The first-order valence-electron chi connectivity index (χ1n) is 5.41. The molecule has 0 bridgehead atoms. The van der Waals surface area contributed by atoms with E-state index in [1.807, 2.05) is 32.9 Å². The van der Waals surface area contributed by atoms with Crippen LogP contribution in [-0.4, -0.2) is 17.0 Å². The molecule has 0 amide bonds. The van der Waals surface area contributed by atoms with Crippen LogP contribution in [0.3, 0.4) is 0 Å². The Morgan fingerprint density at radius 1 is 1.20 bits per heavy atom. The Hall–Kier alpha value is -0.890. The normalized spacial score (nSPS) is 13.5. The molecule has 2 nitrogen and oxygen atoms in total. The molecule has 0 aromatic carbocycles. The van der Waals surface area contributed by atoms with Crippen LogP contribution < -0.4 is 0 Å². The number of hydrogen-bond acceptors (Lipinski definition) is 2. The van der Waals surface area contributed by atoms with Gasteiger partial charge in [-0.25, -0.2) is 0 Å². The zero-order chi connectivity index (χ0) is 11.8. The van der Waals surface area contributed by atoms with Gasteiger partial charge in [0, 0.05) is 6.42 Å². The van der Waals surface area contributed by atoms with Crippen molar-refractivity contribution in [1.82, 2.24) is 0 Å². The van der Waals surface area contributed by atoms with Crippen molar-refractivity contribution in [2.24, 2.45) is 0 Å². The third-order valence-electron chi connectivity index (χ3n) is 2.24. The van der Waals surface area contributed by atoms with Gasteiger partial charge in [-0.05, 0) is 46.1 Å². The minimum absolute atomic E-state index is 0.192. The Morgan fingerprint density at radius 3 is 2.27 bits per heavy atom. The standard InChI is InChI=1S/C13H22O2/c1-10(2)8-9-13(15)11(3)6-5-7-12(4)14/h6,8,13,15H,5,7,9H2,1-4H3/b11-6+. The fourth-order valence-electron chi connectivity index (χ4n) is 1.17. The van der Waals surface area contributed by atoms with Crippen molar-refractivity contribution >= 4 is 5.78 Å². The molecule has 0 aliphatic rings. The highest BCUT2D eigenvalue weighted by Crippen LogP contribution is 2.09. The van der Waals surface area contributed by atoms with E-state index < -0.39 is 6.10 Å². The maximum absolute atomic E-state index is 10.7. The molecule has 0 saturated heterocycles. The van der Waals surface area contributed by atoms with Crippen LogP contribution in [0, 0.1) is 0 Å². The predicted octanol–water partition coefficient (Wildman–Crippen LogP) is 3.02. The lowest BCUT2D eigenvalue weighted by atomic mass is 10.0. The van der Waals surface area contributed by atoms with Crippen LogP contribution in [0.25, 0.3) is 0 Å². The molecule has 1 unspecified atom stereocenters. The van der Waals surface area contributed by atoms with E-state index in [0.717, 1.165) is 12.0 Å². The summed E-state index contributed by atoms with van der Waals surface area (Å²) in [6, 6.07) is 0. The summed E-state index contributed by atoms with van der Waals surface area (Å²) in [5, 5.41) is 9.73. The van der Waals surface area contributed by atoms with Crippen molar-refractivity contribution < 1.29 is 9.90 Å². The van der Waals surface area contributed by atoms with Crippen molar-refractivity contribution in [3.8, 4) is 0 Å². The molecular formula is C13H22O2. The van der Waals surface area contributed by atoms with Gasteiger partial charge in [0.1, 0.15) is 5.78 Å². The van der Waals surface area contributed by atoms with Crippen LogP contribution in [0.2, 0.25) is 0 Å². The number of aliphatic hydroxyl groups excluding tert-OH is 1. The molecule has 0 saturated carbocycles. The SMILES string of the molecule is CC(=O)CC/C=C(\C)C(O)CC=C(C)C. The van der Waals surface area contributed by atoms with E-state index >= 15 is 0 Å². The van der Waals surface area contributed by atoms with E-state index in [4.69, 9.17) is 0 Å². The Kier molecular flexibility index (Phi) is 6.97. The molecule has 1 atom stereocenters. The van der Waals surface area contributed by atoms with E-state index in [2.05, 4.69) is 0 Å². The Balaban J connectivity index is 4.01. The summed E-state index contributed by atoms with van der Waals surface area (Å²) < 4.78 is 0.